The highest BCUT2D eigenvalue weighted by Gasteiger charge is 2.55. The van der Waals surface area contributed by atoms with Crippen molar-refractivity contribution in [3.05, 3.63) is 0 Å². The summed E-state index contributed by atoms with van der Waals surface area (Å²) in [5, 5.41) is 0. The largest absolute Gasteiger partial charge is 0.381 e. The average molecular weight is 375 g/mol. The van der Waals surface area contributed by atoms with E-state index >= 15 is 0 Å². The van der Waals surface area contributed by atoms with E-state index in [0.717, 1.165) is 12.8 Å². The predicted molar refractivity (Wildman–Crippen MR) is 92.2 cm³/mol. The molecule has 0 aliphatic carbocycles. The molecule has 0 N–H and O–H groups in total. The molecule has 3 fully saturated rings. The molecule has 3 heterocycles. The van der Waals surface area contributed by atoms with Crippen molar-refractivity contribution in [1.82, 2.24) is 4.90 Å². The quantitative estimate of drug-likeness (QED) is 0.709. The molecular weight excluding hydrogens is 346 g/mol. The smallest absolute Gasteiger partial charge is 0.244 e. The van der Waals surface area contributed by atoms with Crippen molar-refractivity contribution in [2.75, 3.05) is 45.8 Å². The van der Waals surface area contributed by atoms with Crippen LogP contribution in [0.2, 0.25) is 0 Å². The number of ether oxygens (including phenoxy) is 3. The third kappa shape index (κ3) is 3.59. The summed E-state index contributed by atoms with van der Waals surface area (Å²) >= 11 is 0. The van der Waals surface area contributed by atoms with Gasteiger partial charge in [0.25, 0.3) is 0 Å². The van der Waals surface area contributed by atoms with Crippen LogP contribution in [0.3, 0.4) is 0 Å². The molecule has 144 valence electrons. The molecule has 8 heteroatoms. The summed E-state index contributed by atoms with van der Waals surface area (Å²) in [5.74, 6) is -0.306. The Morgan fingerprint density at radius 3 is 2.24 bits per heavy atom. The summed E-state index contributed by atoms with van der Waals surface area (Å²) < 4.78 is 41.0. The van der Waals surface area contributed by atoms with Gasteiger partial charge in [0, 0.05) is 32.6 Å². The lowest BCUT2D eigenvalue weighted by Gasteiger charge is -2.52. The minimum atomic E-state index is -3.56. The second-order valence-corrected chi connectivity index (χ2v) is 10.6. The average Bonchev–Trinajstić information content (AvgIpc) is 2.52. The van der Waals surface area contributed by atoms with Gasteiger partial charge in [0.1, 0.15) is 5.60 Å². The number of morpholine rings is 1. The van der Waals surface area contributed by atoms with Crippen molar-refractivity contribution < 1.29 is 27.4 Å². The first-order valence-corrected chi connectivity index (χ1v) is 10.8. The SMILES string of the molecule is CC1(C)CN(C(=O)C2(S(C)(=O)=O)CCOCC2)CC2(CCCOC2)O1. The highest BCUT2D eigenvalue weighted by Crippen LogP contribution is 2.38. The van der Waals surface area contributed by atoms with Crippen molar-refractivity contribution in [3.63, 3.8) is 0 Å². The Balaban J connectivity index is 1.91. The summed E-state index contributed by atoms with van der Waals surface area (Å²) in [6.07, 6.45) is 3.29. The molecule has 0 bridgehead atoms. The summed E-state index contributed by atoms with van der Waals surface area (Å²) in [4.78, 5) is 15.1. The Bertz CT molecular complexity index is 617. The van der Waals surface area contributed by atoms with Gasteiger partial charge in [0.05, 0.1) is 18.8 Å². The zero-order valence-corrected chi connectivity index (χ0v) is 16.2. The molecule has 3 aliphatic heterocycles. The fourth-order valence-corrected chi connectivity index (χ4v) is 5.78. The molecule has 0 aromatic rings. The molecule has 1 amide bonds. The van der Waals surface area contributed by atoms with Crippen LogP contribution in [-0.2, 0) is 28.8 Å². The first-order chi connectivity index (χ1) is 11.6. The number of carbonyl (C=O) groups is 1. The molecule has 3 rings (SSSR count). The Morgan fingerprint density at radius 1 is 1.00 bits per heavy atom. The lowest BCUT2D eigenvalue weighted by molar-refractivity contribution is -0.233. The zero-order valence-electron chi connectivity index (χ0n) is 15.4. The van der Waals surface area contributed by atoms with Crippen LogP contribution in [0.15, 0.2) is 0 Å². The summed E-state index contributed by atoms with van der Waals surface area (Å²) in [5.41, 5.74) is -1.09. The van der Waals surface area contributed by atoms with Gasteiger partial charge in [0.2, 0.25) is 5.91 Å². The molecular formula is C17H29NO6S. The number of nitrogens with zero attached hydrogens (tertiary/aromatic N) is 1. The number of carbonyl (C=O) groups excluding carboxylic acids is 1. The lowest BCUT2D eigenvalue weighted by Crippen LogP contribution is -2.67. The van der Waals surface area contributed by atoms with Gasteiger partial charge in [-0.2, -0.15) is 0 Å². The van der Waals surface area contributed by atoms with Crippen molar-refractivity contribution in [2.45, 2.75) is 55.5 Å². The zero-order chi connectivity index (χ0) is 18.3. The van der Waals surface area contributed by atoms with Gasteiger partial charge >= 0.3 is 0 Å². The van der Waals surface area contributed by atoms with E-state index in [-0.39, 0.29) is 18.7 Å². The van der Waals surface area contributed by atoms with Crippen LogP contribution >= 0.6 is 0 Å². The molecule has 1 atom stereocenters. The van der Waals surface area contributed by atoms with Crippen molar-refractivity contribution in [2.24, 2.45) is 0 Å². The van der Waals surface area contributed by atoms with Gasteiger partial charge in [-0.3, -0.25) is 4.79 Å². The lowest BCUT2D eigenvalue weighted by atomic mass is 9.88. The first kappa shape index (κ1) is 19.1. The Hall–Kier alpha value is -0.700. The maximum atomic E-state index is 13.4. The summed E-state index contributed by atoms with van der Waals surface area (Å²) in [6, 6.07) is 0. The normalized spacial score (nSPS) is 32.5. The Kier molecular flexibility index (Phi) is 4.94. The minimum absolute atomic E-state index is 0.214. The highest BCUT2D eigenvalue weighted by atomic mass is 32.2. The second-order valence-electron chi connectivity index (χ2n) is 8.24. The van der Waals surface area contributed by atoms with Crippen LogP contribution in [0.5, 0.6) is 0 Å². The molecule has 1 spiro atoms. The van der Waals surface area contributed by atoms with Gasteiger partial charge in [-0.25, -0.2) is 8.42 Å². The van der Waals surface area contributed by atoms with Crippen LogP contribution in [0.1, 0.15) is 39.5 Å². The van der Waals surface area contributed by atoms with E-state index in [2.05, 4.69) is 0 Å². The van der Waals surface area contributed by atoms with E-state index in [1.54, 1.807) is 4.90 Å². The summed E-state index contributed by atoms with van der Waals surface area (Å²) in [6.45, 7) is 6.37. The van der Waals surface area contributed by atoms with E-state index in [0.29, 0.717) is 39.5 Å². The summed E-state index contributed by atoms with van der Waals surface area (Å²) in [7, 11) is -3.56. The number of hydrogen-bond donors (Lipinski definition) is 0. The molecule has 0 aromatic heterocycles. The second kappa shape index (κ2) is 6.48. The first-order valence-electron chi connectivity index (χ1n) is 8.94. The monoisotopic (exact) mass is 375 g/mol. The number of sulfone groups is 1. The van der Waals surface area contributed by atoms with Gasteiger partial charge in [0.15, 0.2) is 14.6 Å². The standard InChI is InChI=1S/C17H29NO6S/c1-15(2)11-18(12-16(24-15)5-4-8-23-13-16)14(19)17(25(3,20)21)6-9-22-10-7-17/h4-13H2,1-3H3. The molecule has 0 radical (unpaired) electrons. The van der Waals surface area contributed by atoms with E-state index in [1.165, 1.54) is 6.26 Å². The molecule has 7 nitrogen and oxygen atoms in total. The minimum Gasteiger partial charge on any atom is -0.381 e. The van der Waals surface area contributed by atoms with Gasteiger partial charge in [-0.15, -0.1) is 0 Å². The van der Waals surface area contributed by atoms with E-state index in [1.807, 2.05) is 13.8 Å². The predicted octanol–water partition coefficient (Wildman–Crippen LogP) is 0.767. The third-order valence-electron chi connectivity index (χ3n) is 5.52. The van der Waals surface area contributed by atoms with Gasteiger partial charge < -0.3 is 19.1 Å². The van der Waals surface area contributed by atoms with Crippen molar-refractivity contribution in [3.8, 4) is 0 Å². The number of hydrogen-bond acceptors (Lipinski definition) is 6. The van der Waals surface area contributed by atoms with Crippen LogP contribution in [0.4, 0.5) is 0 Å². The van der Waals surface area contributed by atoms with Crippen LogP contribution in [0.25, 0.3) is 0 Å². The fraction of sp³-hybridized carbons (Fsp3) is 0.941. The number of amides is 1. The van der Waals surface area contributed by atoms with Crippen LogP contribution in [-0.4, -0.2) is 80.9 Å². The molecule has 0 aromatic carbocycles. The Labute approximate surface area is 149 Å². The Morgan fingerprint density at radius 2 is 1.68 bits per heavy atom. The van der Waals surface area contributed by atoms with Gasteiger partial charge in [-0.05, 0) is 39.5 Å². The highest BCUT2D eigenvalue weighted by molar-refractivity contribution is 7.92. The van der Waals surface area contributed by atoms with Crippen molar-refractivity contribution >= 4 is 15.7 Å². The van der Waals surface area contributed by atoms with E-state index in [4.69, 9.17) is 14.2 Å². The fourth-order valence-electron chi connectivity index (χ4n) is 4.42. The van der Waals surface area contributed by atoms with Crippen LogP contribution in [0, 0.1) is 0 Å². The van der Waals surface area contributed by atoms with Crippen molar-refractivity contribution in [1.29, 1.82) is 0 Å². The third-order valence-corrected chi connectivity index (χ3v) is 7.52. The molecule has 3 saturated heterocycles. The molecule has 1 unspecified atom stereocenters. The maximum absolute atomic E-state index is 13.4. The maximum Gasteiger partial charge on any atom is 0.244 e. The number of rotatable bonds is 2. The molecule has 3 aliphatic rings. The van der Waals surface area contributed by atoms with E-state index in [9.17, 15) is 13.2 Å². The van der Waals surface area contributed by atoms with Crippen LogP contribution < -0.4 is 0 Å². The molecule has 0 saturated carbocycles. The molecule has 25 heavy (non-hydrogen) atoms. The topological polar surface area (TPSA) is 82.1 Å². The van der Waals surface area contributed by atoms with E-state index < -0.39 is 25.8 Å². The van der Waals surface area contributed by atoms with Gasteiger partial charge in [-0.1, -0.05) is 0 Å².